The smallest absolute Gasteiger partial charge is 0.218 e. The molecule has 0 amide bonds. The van der Waals surface area contributed by atoms with Gasteiger partial charge in [0, 0.05) is 19.7 Å². The average molecular weight is 238 g/mol. The van der Waals surface area contributed by atoms with Crippen LogP contribution in [0.1, 0.15) is 20.8 Å². The summed E-state index contributed by atoms with van der Waals surface area (Å²) in [6.07, 6.45) is 1.52. The van der Waals surface area contributed by atoms with E-state index in [4.69, 9.17) is 10.5 Å². The van der Waals surface area contributed by atoms with E-state index >= 15 is 0 Å². The second-order valence-corrected chi connectivity index (χ2v) is 4.87. The van der Waals surface area contributed by atoms with E-state index in [1.54, 1.807) is 0 Å². The Bertz CT molecular complexity index is 354. The molecule has 1 aromatic heterocycles. The molecule has 0 bridgehead atoms. The van der Waals surface area contributed by atoms with Crippen LogP contribution in [0.25, 0.3) is 0 Å². The quantitative estimate of drug-likeness (QED) is 0.809. The number of hydrogen-bond acceptors (Lipinski definition) is 5. The van der Waals surface area contributed by atoms with Crippen LogP contribution in [0.15, 0.2) is 12.4 Å². The minimum atomic E-state index is 0.0610. The van der Waals surface area contributed by atoms with Crippen molar-refractivity contribution >= 4 is 5.82 Å². The SMILES string of the molecule is CCOc1cc(N(C)CC(C)(C)CN)ncn1. The fourth-order valence-corrected chi connectivity index (χ4v) is 1.55. The first-order valence-electron chi connectivity index (χ1n) is 5.84. The van der Waals surface area contributed by atoms with Crippen molar-refractivity contribution in [2.45, 2.75) is 20.8 Å². The fraction of sp³-hybridized carbons (Fsp3) is 0.667. The molecule has 0 radical (unpaired) electrons. The summed E-state index contributed by atoms with van der Waals surface area (Å²) in [5.41, 5.74) is 5.79. The molecule has 0 unspecified atom stereocenters. The van der Waals surface area contributed by atoms with Gasteiger partial charge in [-0.1, -0.05) is 13.8 Å². The Labute approximate surface area is 103 Å². The van der Waals surface area contributed by atoms with Crippen LogP contribution in [-0.4, -0.2) is 36.7 Å². The molecule has 0 aliphatic heterocycles. The Hall–Kier alpha value is -1.36. The second kappa shape index (κ2) is 5.82. The molecule has 1 heterocycles. The third kappa shape index (κ3) is 4.19. The summed E-state index contributed by atoms with van der Waals surface area (Å²) in [5, 5.41) is 0. The number of rotatable bonds is 6. The lowest BCUT2D eigenvalue weighted by atomic mass is 9.93. The van der Waals surface area contributed by atoms with E-state index in [0.717, 1.165) is 12.4 Å². The van der Waals surface area contributed by atoms with Gasteiger partial charge in [0.05, 0.1) is 6.61 Å². The minimum absolute atomic E-state index is 0.0610. The molecule has 0 aromatic carbocycles. The normalized spacial score (nSPS) is 11.4. The molecule has 0 aliphatic rings. The number of aromatic nitrogens is 2. The highest BCUT2D eigenvalue weighted by Gasteiger charge is 2.19. The molecule has 17 heavy (non-hydrogen) atoms. The molecule has 5 heteroatoms. The lowest BCUT2D eigenvalue weighted by Crippen LogP contribution is -2.37. The van der Waals surface area contributed by atoms with Gasteiger partial charge >= 0.3 is 0 Å². The van der Waals surface area contributed by atoms with Crippen molar-refractivity contribution in [3.8, 4) is 5.88 Å². The molecular weight excluding hydrogens is 216 g/mol. The first-order valence-corrected chi connectivity index (χ1v) is 5.84. The van der Waals surface area contributed by atoms with Crippen LogP contribution in [0, 0.1) is 5.41 Å². The van der Waals surface area contributed by atoms with Crippen molar-refractivity contribution in [1.82, 2.24) is 9.97 Å². The van der Waals surface area contributed by atoms with Gasteiger partial charge in [0.2, 0.25) is 5.88 Å². The Morgan fingerprint density at radius 1 is 1.41 bits per heavy atom. The number of nitrogens with two attached hydrogens (primary N) is 1. The molecule has 96 valence electrons. The van der Waals surface area contributed by atoms with E-state index in [-0.39, 0.29) is 5.41 Å². The third-order valence-electron chi connectivity index (χ3n) is 2.53. The fourth-order valence-electron chi connectivity index (χ4n) is 1.55. The summed E-state index contributed by atoms with van der Waals surface area (Å²) in [4.78, 5) is 10.3. The molecule has 2 N–H and O–H groups in total. The summed E-state index contributed by atoms with van der Waals surface area (Å²) in [6, 6.07) is 1.84. The van der Waals surface area contributed by atoms with Crippen molar-refractivity contribution < 1.29 is 4.74 Å². The zero-order valence-corrected chi connectivity index (χ0v) is 11.1. The number of nitrogens with zero attached hydrogens (tertiary/aromatic N) is 3. The van der Waals surface area contributed by atoms with Crippen molar-refractivity contribution in [2.75, 3.05) is 31.6 Å². The molecule has 0 fully saturated rings. The highest BCUT2D eigenvalue weighted by Crippen LogP contribution is 2.20. The van der Waals surface area contributed by atoms with Gasteiger partial charge < -0.3 is 15.4 Å². The van der Waals surface area contributed by atoms with Crippen LogP contribution in [-0.2, 0) is 0 Å². The molecule has 0 saturated heterocycles. The summed E-state index contributed by atoms with van der Waals surface area (Å²) < 4.78 is 5.35. The molecule has 5 nitrogen and oxygen atoms in total. The zero-order valence-electron chi connectivity index (χ0n) is 11.1. The Kier molecular flexibility index (Phi) is 4.69. The first kappa shape index (κ1) is 13.7. The largest absolute Gasteiger partial charge is 0.478 e. The summed E-state index contributed by atoms with van der Waals surface area (Å²) in [5.74, 6) is 1.46. The average Bonchev–Trinajstić information content (AvgIpc) is 2.29. The minimum Gasteiger partial charge on any atom is -0.478 e. The summed E-state index contributed by atoms with van der Waals surface area (Å²) in [6.45, 7) is 8.28. The van der Waals surface area contributed by atoms with Crippen molar-refractivity contribution in [3.63, 3.8) is 0 Å². The van der Waals surface area contributed by atoms with Gasteiger partial charge in [0.15, 0.2) is 0 Å². The number of anilines is 1. The topological polar surface area (TPSA) is 64.3 Å². The molecule has 0 aliphatic carbocycles. The van der Waals surface area contributed by atoms with Gasteiger partial charge in [-0.05, 0) is 18.9 Å². The second-order valence-electron chi connectivity index (χ2n) is 4.87. The standard InChI is InChI=1S/C12H22N4O/c1-5-17-11-6-10(14-9-15-11)16(4)8-12(2,3)7-13/h6,9H,5,7-8,13H2,1-4H3. The van der Waals surface area contributed by atoms with Crippen molar-refractivity contribution in [2.24, 2.45) is 11.1 Å². The predicted molar refractivity (Wildman–Crippen MR) is 69.3 cm³/mol. The van der Waals surface area contributed by atoms with Gasteiger partial charge in [-0.15, -0.1) is 0 Å². The van der Waals surface area contributed by atoms with E-state index in [9.17, 15) is 0 Å². The zero-order chi connectivity index (χ0) is 12.9. The van der Waals surface area contributed by atoms with Crippen LogP contribution in [0.2, 0.25) is 0 Å². The first-order chi connectivity index (χ1) is 7.98. The molecule has 1 aromatic rings. The Balaban J connectivity index is 2.74. The van der Waals surface area contributed by atoms with Gasteiger partial charge in [-0.3, -0.25) is 0 Å². The van der Waals surface area contributed by atoms with Crippen molar-refractivity contribution in [3.05, 3.63) is 12.4 Å². The van der Waals surface area contributed by atoms with E-state index < -0.39 is 0 Å². The van der Waals surface area contributed by atoms with Crippen LogP contribution in [0.3, 0.4) is 0 Å². The van der Waals surface area contributed by atoms with Crippen LogP contribution >= 0.6 is 0 Å². The van der Waals surface area contributed by atoms with E-state index in [1.807, 2.05) is 20.0 Å². The summed E-state index contributed by atoms with van der Waals surface area (Å²) >= 11 is 0. The number of ether oxygens (including phenoxy) is 1. The Morgan fingerprint density at radius 3 is 2.71 bits per heavy atom. The maximum Gasteiger partial charge on any atom is 0.218 e. The van der Waals surface area contributed by atoms with Crippen LogP contribution < -0.4 is 15.4 Å². The Morgan fingerprint density at radius 2 is 2.12 bits per heavy atom. The molecule has 0 spiro atoms. The monoisotopic (exact) mass is 238 g/mol. The highest BCUT2D eigenvalue weighted by atomic mass is 16.5. The van der Waals surface area contributed by atoms with Gasteiger partial charge in [0.25, 0.3) is 0 Å². The molecule has 0 atom stereocenters. The highest BCUT2D eigenvalue weighted by molar-refractivity contribution is 5.40. The molecule has 1 rings (SSSR count). The predicted octanol–water partition coefficient (Wildman–Crippen LogP) is 1.30. The van der Waals surface area contributed by atoms with Gasteiger partial charge in [-0.25, -0.2) is 9.97 Å². The lowest BCUT2D eigenvalue weighted by Gasteiger charge is -2.29. The van der Waals surface area contributed by atoms with Crippen LogP contribution in [0.4, 0.5) is 5.82 Å². The number of hydrogen-bond donors (Lipinski definition) is 1. The van der Waals surface area contributed by atoms with Crippen LogP contribution in [0.5, 0.6) is 5.88 Å². The lowest BCUT2D eigenvalue weighted by molar-refractivity contribution is 0.326. The molecule has 0 saturated carbocycles. The molecular formula is C12H22N4O. The third-order valence-corrected chi connectivity index (χ3v) is 2.53. The van der Waals surface area contributed by atoms with E-state index in [0.29, 0.717) is 19.0 Å². The maximum absolute atomic E-state index is 5.73. The summed E-state index contributed by atoms with van der Waals surface area (Å²) in [7, 11) is 2.00. The van der Waals surface area contributed by atoms with E-state index in [2.05, 4.69) is 28.7 Å². The van der Waals surface area contributed by atoms with Crippen molar-refractivity contribution in [1.29, 1.82) is 0 Å². The van der Waals surface area contributed by atoms with Gasteiger partial charge in [0.1, 0.15) is 12.1 Å². The van der Waals surface area contributed by atoms with E-state index in [1.165, 1.54) is 6.33 Å². The maximum atomic E-state index is 5.73. The van der Waals surface area contributed by atoms with Gasteiger partial charge in [-0.2, -0.15) is 0 Å².